The quantitative estimate of drug-likeness (QED) is 0.120. The Morgan fingerprint density at radius 3 is 1.94 bits per heavy atom. The van der Waals surface area contributed by atoms with Crippen molar-refractivity contribution in [2.75, 3.05) is 0 Å². The molecule has 16 rings (SSSR count). The van der Waals surface area contributed by atoms with Gasteiger partial charge in [0.2, 0.25) is 0 Å². The van der Waals surface area contributed by atoms with Gasteiger partial charge in [-0.15, -0.1) is 0 Å². The Labute approximate surface area is 389 Å². The van der Waals surface area contributed by atoms with Crippen LogP contribution in [0, 0.1) is 13.8 Å². The largest absolute Gasteiger partial charge is 0.0759 e. The van der Waals surface area contributed by atoms with Crippen LogP contribution in [0.3, 0.4) is 0 Å². The van der Waals surface area contributed by atoms with E-state index in [0.29, 0.717) is 5.92 Å². The number of hydrogen-bond donors (Lipinski definition) is 0. The lowest BCUT2D eigenvalue weighted by Gasteiger charge is -2.34. The fourth-order valence-corrected chi connectivity index (χ4v) is 14.0. The molecule has 0 heteroatoms. The van der Waals surface area contributed by atoms with Crippen molar-refractivity contribution in [2.45, 2.75) is 31.6 Å². The highest BCUT2D eigenvalue weighted by atomic mass is 14.5. The molecule has 0 heterocycles. The Morgan fingerprint density at radius 1 is 0.418 bits per heavy atom. The van der Waals surface area contributed by atoms with Crippen LogP contribution in [0.5, 0.6) is 0 Å². The zero-order chi connectivity index (χ0) is 43.9. The molecule has 0 fully saturated rings. The van der Waals surface area contributed by atoms with Gasteiger partial charge >= 0.3 is 0 Å². The summed E-state index contributed by atoms with van der Waals surface area (Å²) in [6.45, 7) is 4.72. The Balaban J connectivity index is 0.946. The summed E-state index contributed by atoms with van der Waals surface area (Å²) in [5, 5.41) is 13.3. The second-order valence-electron chi connectivity index (χ2n) is 19.8. The van der Waals surface area contributed by atoms with Crippen molar-refractivity contribution in [2.24, 2.45) is 0 Å². The van der Waals surface area contributed by atoms with Crippen molar-refractivity contribution in [3.05, 3.63) is 255 Å². The van der Waals surface area contributed by atoms with E-state index in [1.165, 1.54) is 160 Å². The van der Waals surface area contributed by atoms with Gasteiger partial charge in [-0.3, -0.25) is 0 Å². The maximum atomic E-state index is 2.61. The minimum atomic E-state index is -0.481. The van der Waals surface area contributed by atoms with E-state index in [9.17, 15) is 0 Å². The molecule has 0 amide bonds. The third kappa shape index (κ3) is 4.45. The Kier molecular flexibility index (Phi) is 6.82. The van der Waals surface area contributed by atoms with E-state index >= 15 is 0 Å². The number of rotatable bonds is 2. The van der Waals surface area contributed by atoms with E-state index in [0.717, 1.165) is 6.42 Å². The van der Waals surface area contributed by atoms with E-state index in [4.69, 9.17) is 0 Å². The van der Waals surface area contributed by atoms with Crippen LogP contribution in [0.15, 0.2) is 205 Å². The molecule has 0 nitrogen and oxygen atoms in total. The number of fused-ring (bicyclic) bond motifs is 12. The molecular formula is C67H42. The molecule has 67 heavy (non-hydrogen) atoms. The number of benzene rings is 11. The smallest absolute Gasteiger partial charge is 0.0725 e. The molecule has 310 valence electrons. The maximum absolute atomic E-state index is 2.61. The maximum Gasteiger partial charge on any atom is 0.0725 e. The third-order valence-corrected chi connectivity index (χ3v) is 16.9. The van der Waals surface area contributed by atoms with Crippen molar-refractivity contribution < 1.29 is 0 Å². The van der Waals surface area contributed by atoms with Gasteiger partial charge in [0, 0.05) is 5.92 Å². The standard InChI is InChI=1S/C67H42/c1-37-47-28-26-44(48-29-24-43-23-21-39-10-7-11-41-25-31-53(48)66(43)63(39)41)32-54(47)38(2)56-36-62-58(35-55(37)56)51-30-27-45(34-61(51)67(62)59-18-5-3-15-49(59)50-16-4-6-19-60(50)67)57-33-46-14-8-12-40-20-22-42-13-9-17-52(57)65(42)64(40)46/h3-22,24-36,63H,23H2,1-2H3. The topological polar surface area (TPSA) is 0 Å². The molecule has 1 atom stereocenters. The van der Waals surface area contributed by atoms with Crippen LogP contribution >= 0.6 is 0 Å². The number of hydrogen-bond acceptors (Lipinski definition) is 0. The van der Waals surface area contributed by atoms with Gasteiger partial charge in [0.05, 0.1) is 5.41 Å². The summed E-state index contributed by atoms with van der Waals surface area (Å²) in [4.78, 5) is 0. The van der Waals surface area contributed by atoms with Crippen LogP contribution in [0.1, 0.15) is 56.0 Å². The van der Waals surface area contributed by atoms with Crippen LogP contribution < -0.4 is 0 Å². The molecule has 11 aromatic rings. The van der Waals surface area contributed by atoms with Crippen molar-refractivity contribution in [3.8, 4) is 44.5 Å². The summed E-state index contributed by atoms with van der Waals surface area (Å²) in [6, 6.07) is 63.7. The normalized spacial score (nSPS) is 16.5. The highest BCUT2D eigenvalue weighted by molar-refractivity contribution is 6.26. The summed E-state index contributed by atoms with van der Waals surface area (Å²) in [7, 11) is 0. The van der Waals surface area contributed by atoms with Gasteiger partial charge in [-0.05, 0) is 210 Å². The van der Waals surface area contributed by atoms with Crippen molar-refractivity contribution >= 4 is 59.9 Å². The summed E-state index contributed by atoms with van der Waals surface area (Å²) < 4.78 is 0. The predicted octanol–water partition coefficient (Wildman–Crippen LogP) is 17.3. The summed E-state index contributed by atoms with van der Waals surface area (Å²) in [6.07, 6.45) is 15.0. The molecule has 0 bridgehead atoms. The lowest BCUT2D eigenvalue weighted by molar-refractivity contribution is 0.795. The highest BCUT2D eigenvalue weighted by Crippen LogP contribution is 2.64. The molecule has 0 saturated heterocycles. The minimum Gasteiger partial charge on any atom is -0.0759 e. The van der Waals surface area contributed by atoms with Crippen LogP contribution in [0.4, 0.5) is 0 Å². The molecule has 0 radical (unpaired) electrons. The summed E-state index contributed by atoms with van der Waals surface area (Å²) in [5.74, 6) is 0.336. The van der Waals surface area contributed by atoms with Crippen LogP contribution in [-0.4, -0.2) is 0 Å². The fraction of sp³-hybridized carbons (Fsp3) is 0.0746. The van der Waals surface area contributed by atoms with Crippen LogP contribution in [0.2, 0.25) is 0 Å². The van der Waals surface area contributed by atoms with Gasteiger partial charge in [0.15, 0.2) is 0 Å². The van der Waals surface area contributed by atoms with Gasteiger partial charge < -0.3 is 0 Å². The molecular weight excluding hydrogens is 805 g/mol. The van der Waals surface area contributed by atoms with Gasteiger partial charge in [0.1, 0.15) is 0 Å². The zero-order valence-corrected chi connectivity index (χ0v) is 37.3. The van der Waals surface area contributed by atoms with Crippen molar-refractivity contribution in [1.29, 1.82) is 0 Å². The van der Waals surface area contributed by atoms with E-state index in [-0.39, 0.29) is 0 Å². The minimum absolute atomic E-state index is 0.336. The van der Waals surface area contributed by atoms with Crippen molar-refractivity contribution in [3.63, 3.8) is 0 Å². The average Bonchev–Trinajstić information content (AvgIpc) is 3.84. The molecule has 0 aliphatic heterocycles. The van der Waals surface area contributed by atoms with E-state index in [2.05, 4.69) is 214 Å². The first-order chi connectivity index (χ1) is 33.0. The average molecular weight is 847 g/mol. The fourth-order valence-electron chi connectivity index (χ4n) is 14.0. The van der Waals surface area contributed by atoms with Crippen molar-refractivity contribution in [1.82, 2.24) is 0 Å². The summed E-state index contributed by atoms with van der Waals surface area (Å²) in [5.41, 5.74) is 25.4. The lowest BCUT2D eigenvalue weighted by atomic mass is 9.69. The van der Waals surface area contributed by atoms with E-state index in [1.807, 2.05) is 0 Å². The molecule has 0 N–H and O–H groups in total. The van der Waals surface area contributed by atoms with Gasteiger partial charge in [-0.25, -0.2) is 0 Å². The lowest BCUT2D eigenvalue weighted by Crippen LogP contribution is -2.26. The number of allylic oxidation sites excluding steroid dienone is 7. The second-order valence-corrected chi connectivity index (χ2v) is 19.8. The van der Waals surface area contributed by atoms with Crippen LogP contribution in [-0.2, 0) is 11.8 Å². The molecule has 11 aromatic carbocycles. The van der Waals surface area contributed by atoms with Gasteiger partial charge in [-0.2, -0.15) is 0 Å². The van der Waals surface area contributed by atoms with E-state index in [1.54, 1.807) is 0 Å². The van der Waals surface area contributed by atoms with Gasteiger partial charge in [-0.1, -0.05) is 170 Å². The van der Waals surface area contributed by atoms with E-state index < -0.39 is 5.41 Å². The first-order valence-electron chi connectivity index (χ1n) is 24.0. The number of aryl methyl sites for hydroxylation is 2. The molecule has 0 aromatic heterocycles. The molecule has 1 spiro atoms. The molecule has 1 unspecified atom stereocenters. The SMILES string of the molecule is Cc1c2ccc(-c3ccc4c5c3C=CC3=CC=CC(=CC4)C35)cc2c(C)c2cc3c(cc12)-c1ccc(-c2cc4cccc5ccc6cccc2c6c54)cc1C31c2ccccc2-c2ccccc21. The van der Waals surface area contributed by atoms with Gasteiger partial charge in [0.25, 0.3) is 0 Å². The first kappa shape index (κ1) is 36.2. The Hall–Kier alpha value is -8.06. The molecule has 5 aliphatic carbocycles. The molecule has 0 saturated carbocycles. The van der Waals surface area contributed by atoms with Crippen LogP contribution in [0.25, 0.3) is 104 Å². The second kappa shape index (κ2) is 12.6. The highest BCUT2D eigenvalue weighted by Gasteiger charge is 2.52. The molecule has 5 aliphatic rings. The monoisotopic (exact) mass is 846 g/mol. The Bertz CT molecular complexity index is 4210. The Morgan fingerprint density at radius 2 is 1.09 bits per heavy atom. The third-order valence-electron chi connectivity index (χ3n) is 16.9. The summed E-state index contributed by atoms with van der Waals surface area (Å²) >= 11 is 0. The first-order valence-corrected chi connectivity index (χ1v) is 24.0. The zero-order valence-electron chi connectivity index (χ0n) is 37.3. The predicted molar refractivity (Wildman–Crippen MR) is 283 cm³/mol.